The van der Waals surface area contributed by atoms with Crippen LogP contribution in [-0.4, -0.2) is 10.9 Å². The highest BCUT2D eigenvalue weighted by Crippen LogP contribution is 2.23. The zero-order valence-corrected chi connectivity index (χ0v) is 13.6. The van der Waals surface area contributed by atoms with Crippen molar-refractivity contribution in [1.82, 2.24) is 4.98 Å². The van der Waals surface area contributed by atoms with E-state index in [2.05, 4.69) is 42.2 Å². The van der Waals surface area contributed by atoms with Crippen LogP contribution in [0.5, 0.6) is 0 Å². The molecule has 98 valence electrons. The average Bonchev–Trinajstić information content (AvgIpc) is 2.43. The van der Waals surface area contributed by atoms with Crippen molar-refractivity contribution in [1.29, 1.82) is 0 Å². The monoisotopic (exact) mass is 402 g/mol. The van der Waals surface area contributed by atoms with E-state index >= 15 is 0 Å². The molecule has 0 saturated carbocycles. The highest BCUT2D eigenvalue weighted by Gasteiger charge is 2.09. The molecule has 0 atom stereocenters. The van der Waals surface area contributed by atoms with E-state index < -0.39 is 0 Å². The number of hydrogen-bond acceptors (Lipinski definition) is 2. The number of halogens is 3. The van der Waals surface area contributed by atoms with E-state index in [-0.39, 0.29) is 5.91 Å². The summed E-state index contributed by atoms with van der Waals surface area (Å²) in [5, 5.41) is 3.99. The van der Waals surface area contributed by atoms with Crippen molar-refractivity contribution >= 4 is 55.1 Å². The second-order valence-corrected chi connectivity index (χ2v) is 5.52. The fourth-order valence-corrected chi connectivity index (χ4v) is 2.30. The highest BCUT2D eigenvalue weighted by atomic mass is 79.9. The van der Waals surface area contributed by atoms with Gasteiger partial charge < -0.3 is 5.32 Å². The number of rotatable bonds is 3. The molecule has 0 spiro atoms. The molecule has 19 heavy (non-hydrogen) atoms. The fraction of sp³-hybridized carbons (Fsp3) is 0.0769. The van der Waals surface area contributed by atoms with Crippen molar-refractivity contribution in [2.45, 2.75) is 5.33 Å². The molecule has 0 fully saturated rings. The molecule has 0 aliphatic heterocycles. The summed E-state index contributed by atoms with van der Waals surface area (Å²) in [6.45, 7) is 0. The first-order chi connectivity index (χ1) is 9.10. The van der Waals surface area contributed by atoms with Gasteiger partial charge in [-0.05, 0) is 39.7 Å². The summed E-state index contributed by atoms with van der Waals surface area (Å²) >= 11 is 12.5. The summed E-state index contributed by atoms with van der Waals surface area (Å²) in [5.74, 6) is -0.203. The van der Waals surface area contributed by atoms with Gasteiger partial charge in [0.1, 0.15) is 4.60 Å². The molecule has 1 amide bonds. The maximum Gasteiger partial charge on any atom is 0.255 e. The Labute approximate surface area is 132 Å². The van der Waals surface area contributed by atoms with Crippen LogP contribution in [-0.2, 0) is 5.33 Å². The van der Waals surface area contributed by atoms with Gasteiger partial charge in [0, 0.05) is 17.1 Å². The third-order valence-electron chi connectivity index (χ3n) is 2.42. The minimum absolute atomic E-state index is 0.203. The molecule has 0 unspecified atom stereocenters. The molecular formula is C13H9Br2ClN2O. The highest BCUT2D eigenvalue weighted by molar-refractivity contribution is 9.10. The van der Waals surface area contributed by atoms with Gasteiger partial charge >= 0.3 is 0 Å². The maximum atomic E-state index is 12.1. The number of aromatic nitrogens is 1. The molecule has 0 bridgehead atoms. The molecule has 1 heterocycles. The van der Waals surface area contributed by atoms with Crippen molar-refractivity contribution in [3.05, 3.63) is 57.3 Å². The van der Waals surface area contributed by atoms with Crippen molar-refractivity contribution in [2.24, 2.45) is 0 Å². The molecule has 6 heteroatoms. The normalized spacial score (nSPS) is 10.3. The molecule has 2 aromatic rings. The lowest BCUT2D eigenvalue weighted by molar-refractivity contribution is 0.102. The topological polar surface area (TPSA) is 42.0 Å². The van der Waals surface area contributed by atoms with Crippen LogP contribution in [0.3, 0.4) is 0 Å². The molecule has 0 aliphatic carbocycles. The molecule has 1 aromatic heterocycles. The van der Waals surface area contributed by atoms with Gasteiger partial charge in [0.2, 0.25) is 0 Å². The zero-order chi connectivity index (χ0) is 13.8. The average molecular weight is 404 g/mol. The van der Waals surface area contributed by atoms with Gasteiger partial charge in [0.05, 0.1) is 10.7 Å². The fourth-order valence-electron chi connectivity index (χ4n) is 1.45. The van der Waals surface area contributed by atoms with Crippen LogP contribution in [0.25, 0.3) is 0 Å². The molecule has 1 N–H and O–H groups in total. The molecule has 0 radical (unpaired) electrons. The van der Waals surface area contributed by atoms with E-state index in [4.69, 9.17) is 11.6 Å². The molecule has 1 aromatic carbocycles. The van der Waals surface area contributed by atoms with E-state index in [1.54, 1.807) is 18.2 Å². The Morgan fingerprint density at radius 2 is 2.00 bits per heavy atom. The van der Waals surface area contributed by atoms with Crippen molar-refractivity contribution < 1.29 is 4.79 Å². The predicted molar refractivity (Wildman–Crippen MR) is 84.0 cm³/mol. The summed E-state index contributed by atoms with van der Waals surface area (Å²) < 4.78 is 0.544. The molecule has 0 saturated heterocycles. The van der Waals surface area contributed by atoms with Crippen LogP contribution in [0, 0.1) is 0 Å². The Morgan fingerprint density at radius 3 is 2.63 bits per heavy atom. The Balaban J connectivity index is 2.18. The van der Waals surface area contributed by atoms with Gasteiger partial charge in [-0.25, -0.2) is 4.98 Å². The third-order valence-corrected chi connectivity index (χ3v) is 3.91. The van der Waals surface area contributed by atoms with Crippen LogP contribution in [0.15, 0.2) is 41.1 Å². The SMILES string of the molecule is O=C(Nc1cc(Cl)cnc1Br)c1ccc(CBr)cc1. The summed E-state index contributed by atoms with van der Waals surface area (Å²) in [6.07, 6.45) is 1.51. The summed E-state index contributed by atoms with van der Waals surface area (Å²) in [4.78, 5) is 16.1. The quantitative estimate of drug-likeness (QED) is 0.598. The van der Waals surface area contributed by atoms with Crippen LogP contribution in [0.2, 0.25) is 5.02 Å². The summed E-state index contributed by atoms with van der Waals surface area (Å²) in [6, 6.07) is 8.99. The molecular weight excluding hydrogens is 395 g/mol. The number of pyridine rings is 1. The summed E-state index contributed by atoms with van der Waals surface area (Å²) in [7, 11) is 0. The van der Waals surface area contributed by atoms with Crippen molar-refractivity contribution in [3.8, 4) is 0 Å². The second kappa shape index (κ2) is 6.50. The zero-order valence-electron chi connectivity index (χ0n) is 9.66. The minimum atomic E-state index is -0.203. The van der Waals surface area contributed by atoms with E-state index in [9.17, 15) is 4.79 Å². The first-order valence-electron chi connectivity index (χ1n) is 5.37. The van der Waals surface area contributed by atoms with Gasteiger partial charge in [-0.15, -0.1) is 0 Å². The smallest absolute Gasteiger partial charge is 0.255 e. The van der Waals surface area contributed by atoms with Gasteiger partial charge in [-0.3, -0.25) is 4.79 Å². The third kappa shape index (κ3) is 3.78. The van der Waals surface area contributed by atoms with E-state index in [1.165, 1.54) is 6.20 Å². The van der Waals surface area contributed by atoms with Crippen LogP contribution >= 0.6 is 43.5 Å². The number of amides is 1. The Morgan fingerprint density at radius 1 is 1.32 bits per heavy atom. The van der Waals surface area contributed by atoms with E-state index in [1.807, 2.05) is 12.1 Å². The predicted octanol–water partition coefficient (Wildman–Crippen LogP) is 4.64. The number of hydrogen-bond donors (Lipinski definition) is 1. The van der Waals surface area contributed by atoms with Crippen LogP contribution < -0.4 is 5.32 Å². The van der Waals surface area contributed by atoms with Crippen LogP contribution in [0.1, 0.15) is 15.9 Å². The number of nitrogens with one attached hydrogen (secondary N) is 1. The van der Waals surface area contributed by atoms with Crippen LogP contribution in [0.4, 0.5) is 5.69 Å². The standard InChI is InChI=1S/C13H9Br2ClN2O/c14-6-8-1-3-9(4-2-8)13(19)18-11-5-10(16)7-17-12(11)15/h1-5,7H,6H2,(H,18,19). The number of nitrogens with zero attached hydrogens (tertiary/aromatic N) is 1. The Kier molecular flexibility index (Phi) is 4.96. The summed E-state index contributed by atoms with van der Waals surface area (Å²) in [5.41, 5.74) is 2.24. The molecule has 2 rings (SSSR count). The molecule has 3 nitrogen and oxygen atoms in total. The van der Waals surface area contributed by atoms with E-state index in [0.717, 1.165) is 10.9 Å². The van der Waals surface area contributed by atoms with Crippen molar-refractivity contribution in [2.75, 3.05) is 5.32 Å². The maximum absolute atomic E-state index is 12.1. The van der Waals surface area contributed by atoms with E-state index in [0.29, 0.717) is 20.9 Å². The Hall–Kier alpha value is -0.910. The van der Waals surface area contributed by atoms with Gasteiger partial charge in [0.25, 0.3) is 5.91 Å². The number of anilines is 1. The lowest BCUT2D eigenvalue weighted by Gasteiger charge is -2.07. The first kappa shape index (κ1) is 14.5. The minimum Gasteiger partial charge on any atom is -0.320 e. The number of carbonyl (C=O) groups excluding carboxylic acids is 1. The second-order valence-electron chi connectivity index (χ2n) is 3.78. The number of alkyl halides is 1. The lowest BCUT2D eigenvalue weighted by Crippen LogP contribution is -2.12. The Bertz CT molecular complexity index is 602. The van der Waals surface area contributed by atoms with Gasteiger partial charge in [-0.2, -0.15) is 0 Å². The molecule has 0 aliphatic rings. The van der Waals surface area contributed by atoms with Gasteiger partial charge in [0.15, 0.2) is 0 Å². The van der Waals surface area contributed by atoms with Gasteiger partial charge in [-0.1, -0.05) is 39.7 Å². The number of benzene rings is 1. The van der Waals surface area contributed by atoms with Crippen molar-refractivity contribution in [3.63, 3.8) is 0 Å². The number of carbonyl (C=O) groups is 1. The largest absolute Gasteiger partial charge is 0.320 e. The first-order valence-corrected chi connectivity index (χ1v) is 7.66. The lowest BCUT2D eigenvalue weighted by atomic mass is 10.1.